The van der Waals surface area contributed by atoms with E-state index >= 15 is 0 Å². The van der Waals surface area contributed by atoms with Crippen LogP contribution in [-0.4, -0.2) is 161 Å². The molecule has 67 heavy (non-hydrogen) atoms. The molecule has 0 bridgehead atoms. The first-order valence-corrected chi connectivity index (χ1v) is 22.5. The highest BCUT2D eigenvalue weighted by atomic mass is 16.5. The molecule has 2 aromatic carbocycles. The summed E-state index contributed by atoms with van der Waals surface area (Å²) in [4.78, 5) is 58.8. The molecule has 0 spiro atoms. The van der Waals surface area contributed by atoms with Gasteiger partial charge in [0.2, 0.25) is 0 Å². The molecule has 2 saturated heterocycles. The zero-order valence-electron chi connectivity index (χ0n) is 38.9. The van der Waals surface area contributed by atoms with Crippen molar-refractivity contribution >= 4 is 41.6 Å². The monoisotopic (exact) mass is 924 g/mol. The fourth-order valence-electron chi connectivity index (χ4n) is 8.22. The molecule has 358 valence electrons. The summed E-state index contributed by atoms with van der Waals surface area (Å²) in [6.45, 7) is 8.66. The van der Waals surface area contributed by atoms with Crippen LogP contribution in [0.25, 0.3) is 0 Å². The van der Waals surface area contributed by atoms with Gasteiger partial charge in [-0.05, 0) is 38.8 Å². The van der Waals surface area contributed by atoms with Gasteiger partial charge in [-0.3, -0.25) is 34.3 Å². The van der Waals surface area contributed by atoms with Crippen LogP contribution in [-0.2, 0) is 32.2 Å². The highest BCUT2D eigenvalue weighted by Gasteiger charge is 2.36. The minimum Gasteiger partial charge on any atom is -0.493 e. The molecular formula is C49H60N6O12. The Morgan fingerprint density at radius 3 is 1.67 bits per heavy atom. The van der Waals surface area contributed by atoms with E-state index < -0.39 is 5.97 Å². The molecule has 1 unspecified atom stereocenters. The largest absolute Gasteiger partial charge is 0.493 e. The lowest BCUT2D eigenvalue weighted by atomic mass is 10.1. The van der Waals surface area contributed by atoms with Crippen molar-refractivity contribution in [2.45, 2.75) is 58.4 Å². The fraction of sp³-hybridized carbons (Fsp3) is 0.469. The third-order valence-corrected chi connectivity index (χ3v) is 12.0. The van der Waals surface area contributed by atoms with Crippen molar-refractivity contribution in [1.82, 2.24) is 19.7 Å². The summed E-state index contributed by atoms with van der Waals surface area (Å²) in [5.74, 6) is 0.807. The number of amides is 2. The number of rotatable bonds is 24. The first kappa shape index (κ1) is 48.6. The summed E-state index contributed by atoms with van der Waals surface area (Å²) >= 11 is 0. The van der Waals surface area contributed by atoms with E-state index in [1.807, 2.05) is 53.1 Å². The van der Waals surface area contributed by atoms with Crippen molar-refractivity contribution in [2.24, 2.45) is 9.98 Å². The lowest BCUT2D eigenvalue weighted by Gasteiger charge is -2.22. The van der Waals surface area contributed by atoms with E-state index in [1.165, 1.54) is 25.4 Å². The van der Waals surface area contributed by atoms with Gasteiger partial charge in [-0.25, -0.2) is 0 Å². The molecule has 0 radical (unpaired) electrons. The number of hydrogen-bond acceptors (Lipinski definition) is 15. The van der Waals surface area contributed by atoms with Gasteiger partial charge < -0.3 is 52.8 Å². The van der Waals surface area contributed by atoms with Crippen molar-refractivity contribution in [2.75, 3.05) is 93.7 Å². The number of aliphatic imine (C=N–C) groups is 2. The minimum atomic E-state index is -0.900. The van der Waals surface area contributed by atoms with Crippen molar-refractivity contribution in [3.05, 3.63) is 82.2 Å². The first-order chi connectivity index (χ1) is 32.6. The van der Waals surface area contributed by atoms with Crippen molar-refractivity contribution in [1.29, 1.82) is 0 Å². The number of ether oxygens (including phenoxy) is 8. The number of carboxylic acid groups (broad SMARTS) is 1. The molecule has 3 aromatic rings. The summed E-state index contributed by atoms with van der Waals surface area (Å²) in [6.07, 6.45) is 9.15. The zero-order chi connectivity index (χ0) is 47.3. The Morgan fingerprint density at radius 1 is 0.672 bits per heavy atom. The van der Waals surface area contributed by atoms with Crippen molar-refractivity contribution < 1.29 is 57.4 Å². The number of aromatic nitrogens is 1. The van der Waals surface area contributed by atoms with Gasteiger partial charge >= 0.3 is 5.97 Å². The number of benzene rings is 2. The van der Waals surface area contributed by atoms with E-state index in [2.05, 4.69) is 0 Å². The Balaban J connectivity index is 1.09. The number of carbonyl (C=O) groups is 3. The minimum absolute atomic E-state index is 0.0146. The van der Waals surface area contributed by atoms with Gasteiger partial charge in [-0.1, -0.05) is 23.3 Å². The second kappa shape index (κ2) is 23.4. The van der Waals surface area contributed by atoms with E-state index in [9.17, 15) is 19.5 Å². The van der Waals surface area contributed by atoms with Gasteiger partial charge in [0.1, 0.15) is 25.6 Å². The van der Waals surface area contributed by atoms with Gasteiger partial charge in [0.15, 0.2) is 23.0 Å². The molecule has 2 amide bonds. The highest BCUT2D eigenvalue weighted by Crippen LogP contribution is 2.41. The van der Waals surface area contributed by atoms with E-state index in [0.29, 0.717) is 128 Å². The molecule has 0 aliphatic carbocycles. The number of hydrogen-bond donors (Lipinski definition) is 1. The smallest absolute Gasteiger partial charge is 0.304 e. The van der Waals surface area contributed by atoms with E-state index in [0.717, 1.165) is 12.8 Å². The lowest BCUT2D eigenvalue weighted by Crippen LogP contribution is -2.35. The predicted octanol–water partition coefficient (Wildman–Crippen LogP) is 5.85. The molecular weight excluding hydrogens is 865 g/mol. The van der Waals surface area contributed by atoms with Crippen LogP contribution in [0.15, 0.2) is 69.7 Å². The Morgan fingerprint density at radius 2 is 1.18 bits per heavy atom. The zero-order valence-corrected chi connectivity index (χ0v) is 38.9. The molecule has 5 heterocycles. The maximum absolute atomic E-state index is 13.7. The van der Waals surface area contributed by atoms with Gasteiger partial charge in [-0.2, -0.15) is 0 Å². The Bertz CT molecular complexity index is 2250. The highest BCUT2D eigenvalue weighted by molar-refractivity contribution is 6.04. The van der Waals surface area contributed by atoms with Gasteiger partial charge in [0.05, 0.1) is 99.6 Å². The van der Waals surface area contributed by atoms with E-state index in [4.69, 9.17) is 52.9 Å². The number of aliphatic carboxylic acids is 1. The summed E-state index contributed by atoms with van der Waals surface area (Å²) in [5, 5.41) is 9.42. The Hall–Kier alpha value is -6.34. The molecule has 4 aliphatic heterocycles. The van der Waals surface area contributed by atoms with Crippen molar-refractivity contribution in [3.63, 3.8) is 0 Å². The fourth-order valence-corrected chi connectivity index (χ4v) is 8.22. The van der Waals surface area contributed by atoms with Gasteiger partial charge in [0, 0.05) is 76.5 Å². The Labute approximate surface area is 390 Å². The number of fused-ring (bicyclic) bond motifs is 4. The van der Waals surface area contributed by atoms with Crippen LogP contribution in [0.4, 0.5) is 11.4 Å². The van der Waals surface area contributed by atoms with Crippen LogP contribution in [0.5, 0.6) is 28.7 Å². The standard InChI is InChI=1S/C49H60N6O12/c1-6-32-18-36-26-50-41-24-45(43(61-4)22-39(41)48(58)54(36)28-32)66-30-34-20-38(65-13-11-53(9-8-47(56)57)10-12-63-16-17-64-15-14-60-3)21-35(52-34)31-67-46-25-42-40(23-44(46)62-5)49(59)55-29-33(7-2)19-37(55)27-51-42/h6-7,20-27,36-37H,8-19,28-31H2,1-5H3,(H,56,57)/b32-6+,33-7+/t36-,37?/m0/s1. The first-order valence-electron chi connectivity index (χ1n) is 22.5. The average molecular weight is 925 g/mol. The van der Waals surface area contributed by atoms with Crippen LogP contribution in [0, 0.1) is 0 Å². The molecule has 7 rings (SSSR count). The predicted molar refractivity (Wildman–Crippen MR) is 249 cm³/mol. The molecule has 2 atom stereocenters. The number of methoxy groups -OCH3 is 3. The summed E-state index contributed by atoms with van der Waals surface area (Å²) in [5.41, 5.74) is 5.19. The van der Waals surface area contributed by atoms with Gasteiger partial charge in [0.25, 0.3) is 11.8 Å². The average Bonchev–Trinajstić information content (AvgIpc) is 3.91. The maximum Gasteiger partial charge on any atom is 0.304 e. The number of nitrogens with zero attached hydrogens (tertiary/aromatic N) is 6. The number of pyridine rings is 1. The maximum atomic E-state index is 13.7. The summed E-state index contributed by atoms with van der Waals surface area (Å²) in [7, 11) is 4.65. The lowest BCUT2D eigenvalue weighted by molar-refractivity contribution is -0.137. The van der Waals surface area contributed by atoms with Crippen LogP contribution >= 0.6 is 0 Å². The molecule has 18 nitrogen and oxygen atoms in total. The van der Waals surface area contributed by atoms with Crippen LogP contribution < -0.4 is 23.7 Å². The summed E-state index contributed by atoms with van der Waals surface area (Å²) < 4.78 is 46.7. The Kier molecular flexibility index (Phi) is 17.0. The third kappa shape index (κ3) is 12.4. The molecule has 18 heteroatoms. The molecule has 2 fully saturated rings. The number of carbonyl (C=O) groups excluding carboxylic acids is 2. The third-order valence-electron chi connectivity index (χ3n) is 12.0. The molecule has 1 N–H and O–H groups in total. The number of allylic oxidation sites excluding steroid dienone is 2. The van der Waals surface area contributed by atoms with Crippen LogP contribution in [0.2, 0.25) is 0 Å². The molecule has 1 aromatic heterocycles. The quantitative estimate of drug-likeness (QED) is 0.0832. The van der Waals surface area contributed by atoms with Crippen LogP contribution in [0.3, 0.4) is 0 Å². The number of carboxylic acids is 1. The van der Waals surface area contributed by atoms with Crippen molar-refractivity contribution in [3.8, 4) is 28.7 Å². The SMILES string of the molecule is C/C=C1\CC2C=Nc3cc(OCc4cc(OCCN(CCOCCOCCOC)CCC(=O)O)cc(COc5cc6c(cc5OC)C(=O)N5C/C(=C/C)C[C@H]5C=N6)n4)c(OC)cc3C(=O)N2C1. The van der Waals surface area contributed by atoms with Gasteiger partial charge in [-0.15, -0.1) is 0 Å². The topological polar surface area (TPSA) is 193 Å². The van der Waals surface area contributed by atoms with Crippen LogP contribution in [0.1, 0.15) is 65.2 Å². The molecule has 4 aliphatic rings. The summed E-state index contributed by atoms with van der Waals surface area (Å²) in [6, 6.07) is 10.0. The van der Waals surface area contributed by atoms with E-state index in [-0.39, 0.29) is 50.1 Å². The second-order valence-electron chi connectivity index (χ2n) is 16.3. The second-order valence-corrected chi connectivity index (χ2v) is 16.3. The normalized spacial score (nSPS) is 18.5. The molecule has 0 saturated carbocycles. The van der Waals surface area contributed by atoms with E-state index in [1.54, 1.807) is 43.5 Å².